The lowest BCUT2D eigenvalue weighted by Gasteiger charge is -2.43. The first kappa shape index (κ1) is 24.0. The van der Waals surface area contributed by atoms with Crippen LogP contribution < -0.4 is 5.32 Å². The Morgan fingerprint density at radius 3 is 2.42 bits per heavy atom. The van der Waals surface area contributed by atoms with Gasteiger partial charge in [0, 0.05) is 31.1 Å². The summed E-state index contributed by atoms with van der Waals surface area (Å²) < 4.78 is 5.66. The van der Waals surface area contributed by atoms with Gasteiger partial charge in [0.15, 0.2) is 0 Å². The Morgan fingerprint density at radius 1 is 1.09 bits per heavy atom. The van der Waals surface area contributed by atoms with Crippen LogP contribution >= 0.6 is 0 Å². The zero-order chi connectivity index (χ0) is 23.5. The van der Waals surface area contributed by atoms with Crippen LogP contribution in [0.3, 0.4) is 0 Å². The van der Waals surface area contributed by atoms with Crippen LogP contribution in [-0.4, -0.2) is 53.0 Å². The van der Waals surface area contributed by atoms with Crippen LogP contribution in [0.2, 0.25) is 0 Å². The molecule has 5 heteroatoms. The third kappa shape index (κ3) is 6.27. The summed E-state index contributed by atoms with van der Waals surface area (Å²) in [6.45, 7) is 8.48. The van der Waals surface area contributed by atoms with Crippen molar-refractivity contribution in [3.8, 4) is 0 Å². The molecule has 180 valence electrons. The summed E-state index contributed by atoms with van der Waals surface area (Å²) in [6, 6.07) is 15.1. The largest absolute Gasteiger partial charge is 0.446 e. The van der Waals surface area contributed by atoms with Crippen molar-refractivity contribution in [1.82, 2.24) is 10.2 Å². The van der Waals surface area contributed by atoms with Crippen LogP contribution in [-0.2, 0) is 4.74 Å². The maximum atomic E-state index is 12.1. The number of hydrogen-bond donors (Lipinski definition) is 2. The van der Waals surface area contributed by atoms with Gasteiger partial charge in [-0.15, -0.1) is 0 Å². The molecule has 1 saturated heterocycles. The molecule has 1 aliphatic carbocycles. The number of fused-ring (bicyclic) bond motifs is 1. The number of nitrogens with one attached hydrogen (secondary N) is 1. The van der Waals surface area contributed by atoms with Crippen molar-refractivity contribution < 1.29 is 14.6 Å². The molecule has 2 N–H and O–H groups in total. The summed E-state index contributed by atoms with van der Waals surface area (Å²) in [5, 5.41) is 17.1. The van der Waals surface area contributed by atoms with Crippen molar-refractivity contribution in [2.75, 3.05) is 19.6 Å². The van der Waals surface area contributed by atoms with Crippen LogP contribution in [0.1, 0.15) is 77.2 Å². The molecule has 0 spiro atoms. The van der Waals surface area contributed by atoms with Crippen molar-refractivity contribution in [2.24, 2.45) is 0 Å². The first-order chi connectivity index (χ1) is 15.7. The molecule has 2 aromatic rings. The summed E-state index contributed by atoms with van der Waals surface area (Å²) in [4.78, 5) is 14.6. The zero-order valence-electron chi connectivity index (χ0n) is 20.5. The van der Waals surface area contributed by atoms with Gasteiger partial charge in [0.05, 0.1) is 5.60 Å². The van der Waals surface area contributed by atoms with Gasteiger partial charge in [0.25, 0.3) is 0 Å². The number of rotatable bonds is 5. The summed E-state index contributed by atoms with van der Waals surface area (Å²) in [5.41, 5.74) is 0.294. The highest BCUT2D eigenvalue weighted by Gasteiger charge is 2.40. The van der Waals surface area contributed by atoms with Gasteiger partial charge in [-0.25, -0.2) is 4.79 Å². The molecule has 1 unspecified atom stereocenters. The van der Waals surface area contributed by atoms with Gasteiger partial charge < -0.3 is 20.1 Å². The Hall–Kier alpha value is -2.11. The number of benzene rings is 2. The minimum atomic E-state index is -0.652. The summed E-state index contributed by atoms with van der Waals surface area (Å²) in [6.07, 6.45) is 6.45. The van der Waals surface area contributed by atoms with E-state index in [1.165, 1.54) is 22.8 Å². The summed E-state index contributed by atoms with van der Waals surface area (Å²) >= 11 is 0. The minimum Gasteiger partial charge on any atom is -0.446 e. The smallest absolute Gasteiger partial charge is 0.407 e. The van der Waals surface area contributed by atoms with E-state index in [4.69, 9.17) is 4.74 Å². The van der Waals surface area contributed by atoms with Gasteiger partial charge in [-0.2, -0.15) is 0 Å². The normalized spacial score (nSPS) is 21.0. The fraction of sp³-hybridized carbons (Fsp3) is 0.607. The molecule has 1 amide bonds. The van der Waals surface area contributed by atoms with Gasteiger partial charge in [0.1, 0.15) is 6.10 Å². The maximum absolute atomic E-state index is 12.1. The molecule has 0 bridgehead atoms. The summed E-state index contributed by atoms with van der Waals surface area (Å²) in [5.74, 6) is 0.0871. The number of hydrogen-bond acceptors (Lipinski definition) is 4. The van der Waals surface area contributed by atoms with E-state index in [2.05, 4.69) is 52.7 Å². The van der Waals surface area contributed by atoms with Crippen LogP contribution in [0.25, 0.3) is 10.8 Å². The second-order valence-electron chi connectivity index (χ2n) is 11.1. The number of carbonyl (C=O) groups is 1. The molecule has 2 aromatic carbocycles. The molecular weight excluding hydrogens is 412 g/mol. The van der Waals surface area contributed by atoms with E-state index in [0.717, 1.165) is 58.2 Å². The van der Waals surface area contributed by atoms with Gasteiger partial charge in [-0.3, -0.25) is 0 Å². The fourth-order valence-electron chi connectivity index (χ4n) is 5.48. The number of likely N-dealkylation sites (tertiary alicyclic amines) is 1. The predicted octanol–water partition coefficient (Wildman–Crippen LogP) is 5.61. The first-order valence-electron chi connectivity index (χ1n) is 12.6. The maximum Gasteiger partial charge on any atom is 0.407 e. The number of alkyl carbamates (subject to hydrolysis) is 1. The molecule has 0 aromatic heterocycles. The van der Waals surface area contributed by atoms with E-state index < -0.39 is 5.60 Å². The van der Waals surface area contributed by atoms with Gasteiger partial charge in [-0.05, 0) is 62.8 Å². The fourth-order valence-corrected chi connectivity index (χ4v) is 5.48. The Kier molecular flexibility index (Phi) is 7.30. The van der Waals surface area contributed by atoms with Gasteiger partial charge in [-0.1, -0.05) is 61.7 Å². The van der Waals surface area contributed by atoms with E-state index >= 15 is 0 Å². The van der Waals surface area contributed by atoms with Crippen molar-refractivity contribution in [1.29, 1.82) is 0 Å². The van der Waals surface area contributed by atoms with Crippen molar-refractivity contribution in [3.05, 3.63) is 48.0 Å². The Labute approximate surface area is 198 Å². The lowest BCUT2D eigenvalue weighted by molar-refractivity contribution is -0.0358. The molecule has 1 heterocycles. The van der Waals surface area contributed by atoms with Crippen molar-refractivity contribution >= 4 is 16.9 Å². The van der Waals surface area contributed by atoms with E-state index in [1.54, 1.807) is 0 Å². The minimum absolute atomic E-state index is 0.0412. The number of nitrogens with zero attached hydrogens (tertiary/aromatic N) is 1. The molecule has 5 nitrogen and oxygen atoms in total. The molecule has 2 fully saturated rings. The van der Waals surface area contributed by atoms with Gasteiger partial charge >= 0.3 is 6.09 Å². The third-order valence-electron chi connectivity index (χ3n) is 7.27. The van der Waals surface area contributed by atoms with E-state index in [-0.39, 0.29) is 23.7 Å². The lowest BCUT2D eigenvalue weighted by atomic mass is 9.72. The monoisotopic (exact) mass is 452 g/mol. The number of amides is 1. The highest BCUT2D eigenvalue weighted by molar-refractivity contribution is 5.83. The Balaban J connectivity index is 1.44. The third-order valence-corrected chi connectivity index (χ3v) is 7.27. The van der Waals surface area contributed by atoms with Crippen LogP contribution in [0.15, 0.2) is 42.5 Å². The molecule has 33 heavy (non-hydrogen) atoms. The van der Waals surface area contributed by atoms with E-state index in [0.29, 0.717) is 0 Å². The standard InChI is InChI=1S/C28H40N2O3/c1-27(2,3)29-26(31)33-24-13-17-30(18-14-24)20-25(28(32)15-7-4-8-16-28)23-12-11-21-9-5-6-10-22(21)19-23/h5-6,9-12,19,24-25,32H,4,7-8,13-18,20H2,1-3H3,(H,29,31). The first-order valence-corrected chi connectivity index (χ1v) is 12.6. The topological polar surface area (TPSA) is 61.8 Å². The van der Waals surface area contributed by atoms with Crippen LogP contribution in [0.4, 0.5) is 4.79 Å². The SMILES string of the molecule is CC(C)(C)NC(=O)OC1CCN(CC(c2ccc3ccccc3c2)C2(O)CCCCC2)CC1. The van der Waals surface area contributed by atoms with E-state index in [9.17, 15) is 9.90 Å². The number of ether oxygens (including phenoxy) is 1. The summed E-state index contributed by atoms with van der Waals surface area (Å²) in [7, 11) is 0. The molecule has 1 atom stereocenters. The van der Waals surface area contributed by atoms with Crippen molar-refractivity contribution in [3.63, 3.8) is 0 Å². The quantitative estimate of drug-likeness (QED) is 0.619. The molecule has 1 saturated carbocycles. The molecule has 2 aliphatic rings. The average Bonchev–Trinajstić information content (AvgIpc) is 2.77. The predicted molar refractivity (Wildman–Crippen MR) is 134 cm³/mol. The number of aliphatic hydroxyl groups is 1. The average molecular weight is 453 g/mol. The second kappa shape index (κ2) is 10.0. The molecule has 0 radical (unpaired) electrons. The molecular formula is C28H40N2O3. The Bertz CT molecular complexity index is 938. The highest BCUT2D eigenvalue weighted by atomic mass is 16.6. The van der Waals surface area contributed by atoms with Crippen molar-refractivity contribution in [2.45, 2.75) is 88.9 Å². The lowest BCUT2D eigenvalue weighted by Crippen LogP contribution is -2.48. The number of carbonyl (C=O) groups excluding carboxylic acids is 1. The zero-order valence-corrected chi connectivity index (χ0v) is 20.5. The Morgan fingerprint density at radius 2 is 1.76 bits per heavy atom. The number of piperidine rings is 1. The second-order valence-corrected chi connectivity index (χ2v) is 11.1. The molecule has 4 rings (SSSR count). The van der Waals surface area contributed by atoms with Crippen LogP contribution in [0.5, 0.6) is 0 Å². The van der Waals surface area contributed by atoms with Gasteiger partial charge in [0.2, 0.25) is 0 Å². The van der Waals surface area contributed by atoms with E-state index in [1.807, 2.05) is 20.8 Å². The molecule has 1 aliphatic heterocycles. The van der Waals surface area contributed by atoms with Crippen LogP contribution in [0, 0.1) is 0 Å². The highest BCUT2D eigenvalue weighted by Crippen LogP contribution is 2.41.